The van der Waals surface area contributed by atoms with Gasteiger partial charge in [0, 0.05) is 18.7 Å². The Hall–Kier alpha value is -1.75. The van der Waals surface area contributed by atoms with Gasteiger partial charge in [0.15, 0.2) is 11.5 Å². The fraction of sp³-hybridized carbons (Fsp3) is 0.500. The van der Waals surface area contributed by atoms with Gasteiger partial charge < -0.3 is 20.4 Å². The molecule has 1 fully saturated rings. The van der Waals surface area contributed by atoms with Gasteiger partial charge in [-0.15, -0.1) is 0 Å². The van der Waals surface area contributed by atoms with Gasteiger partial charge >= 0.3 is 0 Å². The third-order valence-electron chi connectivity index (χ3n) is 3.62. The lowest BCUT2D eigenvalue weighted by molar-refractivity contribution is 0.0690. The maximum Gasteiger partial charge on any atom is 0.253 e. The molecule has 1 aromatic rings. The molecule has 1 aromatic carbocycles. The number of rotatable bonds is 3. The smallest absolute Gasteiger partial charge is 0.253 e. The van der Waals surface area contributed by atoms with E-state index in [1.54, 1.807) is 4.90 Å². The highest BCUT2D eigenvalue weighted by Crippen LogP contribution is 2.26. The van der Waals surface area contributed by atoms with Gasteiger partial charge in [-0.25, -0.2) is 0 Å². The molecule has 0 unspecified atom stereocenters. The molecule has 0 spiro atoms. The Bertz CT molecular complexity index is 454. The number of phenols is 2. The van der Waals surface area contributed by atoms with Gasteiger partial charge in [0.2, 0.25) is 0 Å². The highest BCUT2D eigenvalue weighted by atomic mass is 16.3. The van der Waals surface area contributed by atoms with Crippen LogP contribution in [0, 0.1) is 5.92 Å². The Kier molecular flexibility index (Phi) is 4.27. The SMILES string of the molecule is CNCC1CCN(C(=O)c2ccc(O)c(O)c2)CC1. The number of hydrogen-bond donors (Lipinski definition) is 3. The van der Waals surface area contributed by atoms with Gasteiger partial charge in [-0.3, -0.25) is 4.79 Å². The highest BCUT2D eigenvalue weighted by Gasteiger charge is 2.23. The minimum absolute atomic E-state index is 0.0850. The van der Waals surface area contributed by atoms with Gasteiger partial charge in [-0.1, -0.05) is 0 Å². The Morgan fingerprint density at radius 3 is 2.58 bits per heavy atom. The molecule has 1 aliphatic rings. The summed E-state index contributed by atoms with van der Waals surface area (Å²) >= 11 is 0. The first-order valence-corrected chi connectivity index (χ1v) is 6.57. The Balaban J connectivity index is 1.99. The molecule has 0 aliphatic carbocycles. The number of nitrogens with one attached hydrogen (secondary N) is 1. The summed E-state index contributed by atoms with van der Waals surface area (Å²) < 4.78 is 0. The molecule has 0 bridgehead atoms. The third kappa shape index (κ3) is 3.17. The van der Waals surface area contributed by atoms with Crippen LogP contribution >= 0.6 is 0 Å². The number of carbonyl (C=O) groups is 1. The van der Waals surface area contributed by atoms with Crippen molar-refractivity contribution in [3.05, 3.63) is 23.8 Å². The van der Waals surface area contributed by atoms with Crippen LogP contribution in [0.15, 0.2) is 18.2 Å². The van der Waals surface area contributed by atoms with Gasteiger partial charge in [0.05, 0.1) is 0 Å². The zero-order valence-corrected chi connectivity index (χ0v) is 11.1. The van der Waals surface area contributed by atoms with Crippen LogP contribution in [0.25, 0.3) is 0 Å². The summed E-state index contributed by atoms with van der Waals surface area (Å²) in [5, 5.41) is 21.8. The third-order valence-corrected chi connectivity index (χ3v) is 3.62. The standard InChI is InChI=1S/C14H20N2O3/c1-15-9-10-4-6-16(7-5-10)14(19)11-2-3-12(17)13(18)8-11/h2-3,8,10,15,17-18H,4-7,9H2,1H3. The Morgan fingerprint density at radius 1 is 1.32 bits per heavy atom. The predicted molar refractivity (Wildman–Crippen MR) is 72.3 cm³/mol. The number of piperidine rings is 1. The minimum atomic E-state index is -0.254. The van der Waals surface area contributed by atoms with Crippen LogP contribution < -0.4 is 5.32 Å². The van der Waals surface area contributed by atoms with Crippen LogP contribution in [0.2, 0.25) is 0 Å². The van der Waals surface area contributed by atoms with E-state index in [0.29, 0.717) is 11.5 Å². The van der Waals surface area contributed by atoms with E-state index < -0.39 is 0 Å². The van der Waals surface area contributed by atoms with Gasteiger partial charge in [0.25, 0.3) is 5.91 Å². The first-order valence-electron chi connectivity index (χ1n) is 6.57. The zero-order valence-electron chi connectivity index (χ0n) is 11.1. The van der Waals surface area contributed by atoms with Crippen LogP contribution in [0.1, 0.15) is 23.2 Å². The van der Waals surface area contributed by atoms with E-state index in [9.17, 15) is 15.0 Å². The quantitative estimate of drug-likeness (QED) is 0.717. The number of aromatic hydroxyl groups is 2. The minimum Gasteiger partial charge on any atom is -0.504 e. The molecule has 1 heterocycles. The van der Waals surface area contributed by atoms with Gasteiger partial charge in [0.1, 0.15) is 0 Å². The molecule has 3 N–H and O–H groups in total. The average Bonchev–Trinajstić information content (AvgIpc) is 2.42. The number of nitrogens with zero attached hydrogens (tertiary/aromatic N) is 1. The maximum atomic E-state index is 12.2. The van der Waals surface area contributed by atoms with E-state index in [2.05, 4.69) is 5.32 Å². The summed E-state index contributed by atoms with van der Waals surface area (Å²) in [5.41, 5.74) is 0.419. The van der Waals surface area contributed by atoms with Crippen molar-refractivity contribution in [2.24, 2.45) is 5.92 Å². The van der Waals surface area contributed by atoms with Crippen molar-refractivity contribution >= 4 is 5.91 Å². The topological polar surface area (TPSA) is 72.8 Å². The average molecular weight is 264 g/mol. The van der Waals surface area contributed by atoms with E-state index in [4.69, 9.17) is 0 Å². The number of amides is 1. The normalized spacial score (nSPS) is 16.6. The lowest BCUT2D eigenvalue weighted by Crippen LogP contribution is -2.40. The molecule has 0 saturated carbocycles. The number of carbonyl (C=O) groups excluding carboxylic acids is 1. The second kappa shape index (κ2) is 5.93. The van der Waals surface area contributed by atoms with Crippen LogP contribution in [-0.4, -0.2) is 47.7 Å². The maximum absolute atomic E-state index is 12.2. The summed E-state index contributed by atoms with van der Waals surface area (Å²) in [6, 6.07) is 4.20. The van der Waals surface area contributed by atoms with Crippen LogP contribution in [0.5, 0.6) is 11.5 Å². The summed E-state index contributed by atoms with van der Waals surface area (Å²) in [6.45, 7) is 2.47. The predicted octanol–water partition coefficient (Wildman–Crippen LogP) is 1.17. The molecular weight excluding hydrogens is 244 g/mol. The highest BCUT2D eigenvalue weighted by molar-refractivity contribution is 5.94. The van der Waals surface area contributed by atoms with Crippen molar-refractivity contribution in [2.45, 2.75) is 12.8 Å². The monoisotopic (exact) mass is 264 g/mol. The van der Waals surface area contributed by atoms with Crippen molar-refractivity contribution in [3.63, 3.8) is 0 Å². The molecule has 1 saturated heterocycles. The number of likely N-dealkylation sites (tertiary alicyclic amines) is 1. The number of benzene rings is 1. The summed E-state index contributed by atoms with van der Waals surface area (Å²) in [7, 11) is 1.94. The summed E-state index contributed by atoms with van der Waals surface area (Å²) in [5.74, 6) is 0.0840. The second-order valence-electron chi connectivity index (χ2n) is 5.00. The number of phenolic OH excluding ortho intramolecular Hbond substituents is 2. The van der Waals surface area contributed by atoms with E-state index in [1.807, 2.05) is 7.05 Å². The van der Waals surface area contributed by atoms with Crippen molar-refractivity contribution < 1.29 is 15.0 Å². The molecule has 1 amide bonds. The molecule has 5 heteroatoms. The van der Waals surface area contributed by atoms with E-state index >= 15 is 0 Å². The fourth-order valence-electron chi connectivity index (χ4n) is 2.47. The molecule has 104 valence electrons. The van der Waals surface area contributed by atoms with E-state index in [1.165, 1.54) is 18.2 Å². The number of hydrogen-bond acceptors (Lipinski definition) is 4. The molecule has 1 aliphatic heterocycles. The molecule has 0 atom stereocenters. The first-order chi connectivity index (χ1) is 9.11. The summed E-state index contributed by atoms with van der Waals surface area (Å²) in [6.07, 6.45) is 1.99. The van der Waals surface area contributed by atoms with Crippen molar-refractivity contribution in [1.82, 2.24) is 10.2 Å². The molecule has 19 heavy (non-hydrogen) atoms. The molecule has 5 nitrogen and oxygen atoms in total. The zero-order chi connectivity index (χ0) is 13.8. The Labute approximate surface area is 112 Å². The van der Waals surface area contributed by atoms with Crippen molar-refractivity contribution in [1.29, 1.82) is 0 Å². The lowest BCUT2D eigenvalue weighted by Gasteiger charge is -2.32. The first kappa shape index (κ1) is 13.7. The van der Waals surface area contributed by atoms with Crippen molar-refractivity contribution in [2.75, 3.05) is 26.7 Å². The van der Waals surface area contributed by atoms with Gasteiger partial charge in [-0.05, 0) is 50.6 Å². The molecular formula is C14H20N2O3. The fourth-order valence-corrected chi connectivity index (χ4v) is 2.47. The summed E-state index contributed by atoms with van der Waals surface area (Å²) in [4.78, 5) is 14.0. The largest absolute Gasteiger partial charge is 0.504 e. The van der Waals surface area contributed by atoms with E-state index in [0.717, 1.165) is 32.5 Å². The Morgan fingerprint density at radius 2 is 2.00 bits per heavy atom. The van der Waals surface area contributed by atoms with Crippen LogP contribution in [0.3, 0.4) is 0 Å². The van der Waals surface area contributed by atoms with Crippen LogP contribution in [0.4, 0.5) is 0 Å². The van der Waals surface area contributed by atoms with Crippen LogP contribution in [-0.2, 0) is 0 Å². The van der Waals surface area contributed by atoms with Gasteiger partial charge in [-0.2, -0.15) is 0 Å². The molecule has 0 aromatic heterocycles. The molecule has 0 radical (unpaired) electrons. The van der Waals surface area contributed by atoms with Crippen molar-refractivity contribution in [3.8, 4) is 11.5 Å². The second-order valence-corrected chi connectivity index (χ2v) is 5.00. The molecule has 2 rings (SSSR count). The lowest BCUT2D eigenvalue weighted by atomic mass is 9.96. The van der Waals surface area contributed by atoms with E-state index in [-0.39, 0.29) is 17.4 Å².